The minimum absolute atomic E-state index is 0.173. The van der Waals surface area contributed by atoms with Crippen LogP contribution in [0, 0.1) is 0 Å². The summed E-state index contributed by atoms with van der Waals surface area (Å²) in [7, 11) is 1.31. The molecule has 8 heteroatoms. The average Bonchev–Trinajstić information content (AvgIpc) is 2.75. The van der Waals surface area contributed by atoms with E-state index in [9.17, 15) is 9.59 Å². The van der Waals surface area contributed by atoms with Gasteiger partial charge in [-0.3, -0.25) is 4.79 Å². The Balaban J connectivity index is 1.74. The average molecular weight is 392 g/mol. The number of hydrogen-bond donors (Lipinski definition) is 2. The summed E-state index contributed by atoms with van der Waals surface area (Å²) in [6.45, 7) is 2.47. The zero-order valence-electron chi connectivity index (χ0n) is 16.0. The van der Waals surface area contributed by atoms with Crippen molar-refractivity contribution in [1.29, 1.82) is 0 Å². The lowest BCUT2D eigenvalue weighted by molar-refractivity contribution is 0.0601. The molecule has 0 spiro atoms. The molecule has 3 rings (SSSR count). The predicted octanol–water partition coefficient (Wildman–Crippen LogP) is 3.66. The predicted molar refractivity (Wildman–Crippen MR) is 109 cm³/mol. The third kappa shape index (κ3) is 5.07. The van der Waals surface area contributed by atoms with E-state index in [4.69, 9.17) is 9.47 Å². The van der Waals surface area contributed by atoms with Crippen LogP contribution in [-0.2, 0) is 4.74 Å². The zero-order chi connectivity index (χ0) is 20.6. The first-order valence-corrected chi connectivity index (χ1v) is 8.92. The molecule has 0 aliphatic heterocycles. The number of carbonyl (C=O) groups excluding carboxylic acids is 2. The fraction of sp³-hybridized carbons (Fsp3) is 0.143. The van der Waals surface area contributed by atoms with Crippen LogP contribution in [0.15, 0.2) is 60.8 Å². The van der Waals surface area contributed by atoms with Crippen molar-refractivity contribution in [3.8, 4) is 5.75 Å². The van der Waals surface area contributed by atoms with Crippen molar-refractivity contribution in [3.63, 3.8) is 0 Å². The summed E-state index contributed by atoms with van der Waals surface area (Å²) in [5.74, 6) is 0.0300. The van der Waals surface area contributed by atoms with Gasteiger partial charge in [0.2, 0.25) is 5.95 Å². The second-order valence-electron chi connectivity index (χ2n) is 5.84. The topological polar surface area (TPSA) is 102 Å². The lowest BCUT2D eigenvalue weighted by Gasteiger charge is -2.10. The SMILES string of the molecule is CCOc1ccc(NC(=O)c2ccnc(Nc3ccccc3C(=O)OC)n2)cc1. The van der Waals surface area contributed by atoms with Crippen LogP contribution in [0.3, 0.4) is 0 Å². The number of ether oxygens (including phenoxy) is 2. The molecule has 8 nitrogen and oxygen atoms in total. The molecule has 1 amide bonds. The van der Waals surface area contributed by atoms with Gasteiger partial charge in [-0.2, -0.15) is 0 Å². The lowest BCUT2D eigenvalue weighted by atomic mass is 10.2. The van der Waals surface area contributed by atoms with E-state index in [0.717, 1.165) is 5.75 Å². The van der Waals surface area contributed by atoms with Crippen LogP contribution in [0.1, 0.15) is 27.8 Å². The van der Waals surface area contributed by atoms with E-state index < -0.39 is 5.97 Å². The highest BCUT2D eigenvalue weighted by molar-refractivity contribution is 6.03. The van der Waals surface area contributed by atoms with Crippen molar-refractivity contribution >= 4 is 29.2 Å². The number of hydrogen-bond acceptors (Lipinski definition) is 7. The molecule has 1 heterocycles. The molecule has 0 unspecified atom stereocenters. The van der Waals surface area contributed by atoms with Crippen molar-refractivity contribution in [2.24, 2.45) is 0 Å². The smallest absolute Gasteiger partial charge is 0.339 e. The Kier molecular flexibility index (Phi) is 6.36. The molecule has 29 heavy (non-hydrogen) atoms. The summed E-state index contributed by atoms with van der Waals surface area (Å²) in [6.07, 6.45) is 1.46. The Bertz CT molecular complexity index is 1010. The molecule has 0 radical (unpaired) electrons. The molecule has 3 aromatic rings. The quantitative estimate of drug-likeness (QED) is 0.592. The van der Waals surface area contributed by atoms with Gasteiger partial charge in [-0.05, 0) is 49.4 Å². The number of methoxy groups -OCH3 is 1. The Morgan fingerprint density at radius 2 is 1.79 bits per heavy atom. The largest absolute Gasteiger partial charge is 0.494 e. The van der Waals surface area contributed by atoms with Gasteiger partial charge in [0.05, 0.1) is 25.0 Å². The first-order valence-electron chi connectivity index (χ1n) is 8.92. The number of benzene rings is 2. The lowest BCUT2D eigenvalue weighted by Crippen LogP contribution is -2.15. The van der Waals surface area contributed by atoms with E-state index in [2.05, 4.69) is 20.6 Å². The van der Waals surface area contributed by atoms with E-state index in [1.165, 1.54) is 19.4 Å². The molecular weight excluding hydrogens is 372 g/mol. The molecule has 148 valence electrons. The minimum atomic E-state index is -0.488. The van der Waals surface area contributed by atoms with Crippen LogP contribution < -0.4 is 15.4 Å². The van der Waals surface area contributed by atoms with Crippen molar-refractivity contribution < 1.29 is 19.1 Å². The first kappa shape index (κ1) is 19.8. The Morgan fingerprint density at radius 3 is 2.52 bits per heavy atom. The van der Waals surface area contributed by atoms with Crippen molar-refractivity contribution in [2.75, 3.05) is 24.4 Å². The Morgan fingerprint density at radius 1 is 1.03 bits per heavy atom. The van der Waals surface area contributed by atoms with Crippen LogP contribution >= 0.6 is 0 Å². The maximum absolute atomic E-state index is 12.5. The van der Waals surface area contributed by atoms with Gasteiger partial charge in [-0.25, -0.2) is 14.8 Å². The molecule has 1 aromatic heterocycles. The number of amides is 1. The zero-order valence-corrected chi connectivity index (χ0v) is 16.0. The highest BCUT2D eigenvalue weighted by Crippen LogP contribution is 2.20. The fourth-order valence-corrected chi connectivity index (χ4v) is 2.54. The minimum Gasteiger partial charge on any atom is -0.494 e. The van der Waals surface area contributed by atoms with E-state index in [-0.39, 0.29) is 17.5 Å². The number of aromatic nitrogens is 2. The summed E-state index contributed by atoms with van der Waals surface area (Å²) in [4.78, 5) is 32.7. The monoisotopic (exact) mass is 392 g/mol. The summed E-state index contributed by atoms with van der Waals surface area (Å²) in [6, 6.07) is 15.3. The number of esters is 1. The first-order chi connectivity index (χ1) is 14.1. The third-order valence-corrected chi connectivity index (χ3v) is 3.89. The van der Waals surface area contributed by atoms with Gasteiger partial charge >= 0.3 is 5.97 Å². The van der Waals surface area contributed by atoms with Gasteiger partial charge in [-0.15, -0.1) is 0 Å². The number of anilines is 3. The molecular formula is C21H20N4O4. The maximum atomic E-state index is 12.5. The van der Waals surface area contributed by atoms with Crippen molar-refractivity contribution in [3.05, 3.63) is 72.1 Å². The normalized spacial score (nSPS) is 10.1. The molecule has 0 atom stereocenters. The number of rotatable bonds is 7. The van der Waals surface area contributed by atoms with Gasteiger partial charge in [-0.1, -0.05) is 12.1 Å². The fourth-order valence-electron chi connectivity index (χ4n) is 2.54. The molecule has 0 fully saturated rings. The molecule has 0 saturated carbocycles. The van der Waals surface area contributed by atoms with Gasteiger partial charge in [0.1, 0.15) is 11.4 Å². The molecule has 0 aliphatic carbocycles. The summed E-state index contributed by atoms with van der Waals surface area (Å²) in [5.41, 5.74) is 1.60. The van der Waals surface area contributed by atoms with E-state index in [1.54, 1.807) is 48.5 Å². The molecule has 2 aromatic carbocycles. The summed E-state index contributed by atoms with van der Waals surface area (Å²) in [5, 5.41) is 5.72. The Hall–Kier alpha value is -3.94. The number of nitrogens with zero attached hydrogens (tertiary/aromatic N) is 2. The van der Waals surface area contributed by atoms with E-state index >= 15 is 0 Å². The van der Waals surface area contributed by atoms with Gasteiger partial charge in [0.15, 0.2) is 0 Å². The highest BCUT2D eigenvalue weighted by atomic mass is 16.5. The van der Waals surface area contributed by atoms with E-state index in [0.29, 0.717) is 23.5 Å². The van der Waals surface area contributed by atoms with Crippen molar-refractivity contribution in [2.45, 2.75) is 6.92 Å². The number of carbonyl (C=O) groups is 2. The van der Waals surface area contributed by atoms with Crippen LogP contribution in [0.5, 0.6) is 5.75 Å². The van der Waals surface area contributed by atoms with Gasteiger partial charge in [0.25, 0.3) is 5.91 Å². The standard InChI is InChI=1S/C21H20N4O4/c1-3-29-15-10-8-14(9-11-15)23-19(26)18-12-13-22-21(25-18)24-17-7-5-4-6-16(17)20(27)28-2/h4-13H,3H2,1-2H3,(H,23,26)(H,22,24,25). The van der Waals surface area contributed by atoms with Crippen LogP contribution in [0.2, 0.25) is 0 Å². The number of nitrogens with one attached hydrogen (secondary N) is 2. The third-order valence-electron chi connectivity index (χ3n) is 3.89. The van der Waals surface area contributed by atoms with Crippen LogP contribution in [0.4, 0.5) is 17.3 Å². The van der Waals surface area contributed by atoms with Crippen LogP contribution in [-0.4, -0.2) is 35.6 Å². The highest BCUT2D eigenvalue weighted by Gasteiger charge is 2.14. The summed E-state index contributed by atoms with van der Waals surface area (Å²) >= 11 is 0. The second kappa shape index (κ2) is 9.32. The molecule has 2 N–H and O–H groups in total. The van der Waals surface area contributed by atoms with E-state index in [1.807, 2.05) is 6.92 Å². The van der Waals surface area contributed by atoms with Gasteiger partial charge < -0.3 is 20.1 Å². The second-order valence-corrected chi connectivity index (χ2v) is 5.84. The molecule has 0 saturated heterocycles. The van der Waals surface area contributed by atoms with Gasteiger partial charge in [0, 0.05) is 11.9 Å². The molecule has 0 aliphatic rings. The summed E-state index contributed by atoms with van der Waals surface area (Å²) < 4.78 is 10.2. The van der Waals surface area contributed by atoms with Crippen molar-refractivity contribution in [1.82, 2.24) is 9.97 Å². The Labute approximate surface area is 167 Å². The van der Waals surface area contributed by atoms with Crippen LogP contribution in [0.25, 0.3) is 0 Å². The maximum Gasteiger partial charge on any atom is 0.339 e. The number of para-hydroxylation sites is 1. The molecule has 0 bridgehead atoms.